The van der Waals surface area contributed by atoms with Crippen LogP contribution in [-0.4, -0.2) is 52.8 Å². The van der Waals surface area contributed by atoms with E-state index in [1.165, 1.54) is 34.2 Å². The monoisotopic (exact) mass is 428 g/mol. The Labute approximate surface area is 180 Å². The van der Waals surface area contributed by atoms with Gasteiger partial charge in [0.1, 0.15) is 5.75 Å². The van der Waals surface area contributed by atoms with Crippen molar-refractivity contribution in [2.24, 2.45) is 0 Å². The van der Waals surface area contributed by atoms with E-state index in [9.17, 15) is 8.42 Å². The molecule has 1 aliphatic heterocycles. The Hall–Kier alpha value is -2.05. The zero-order valence-corrected chi connectivity index (χ0v) is 19.0. The van der Waals surface area contributed by atoms with E-state index < -0.39 is 10.0 Å². The highest BCUT2D eigenvalue weighted by molar-refractivity contribution is 7.88. The van der Waals surface area contributed by atoms with E-state index in [4.69, 9.17) is 4.74 Å². The highest BCUT2D eigenvalue weighted by Gasteiger charge is 2.28. The molecule has 0 saturated carbocycles. The van der Waals surface area contributed by atoms with E-state index in [1.54, 1.807) is 11.4 Å². The van der Waals surface area contributed by atoms with Crippen LogP contribution in [0.3, 0.4) is 0 Å². The summed E-state index contributed by atoms with van der Waals surface area (Å²) in [7, 11) is 0.545. The molecule has 0 N–H and O–H groups in total. The minimum atomic E-state index is -3.28. The molecule has 5 nitrogen and oxygen atoms in total. The van der Waals surface area contributed by atoms with Crippen molar-refractivity contribution >= 4 is 15.7 Å². The first-order valence-corrected chi connectivity index (χ1v) is 12.7. The molecule has 0 bridgehead atoms. The molecular formula is C24H32N2O3S. The fourth-order valence-electron chi connectivity index (χ4n) is 4.96. The zero-order chi connectivity index (χ0) is 21.3. The lowest BCUT2D eigenvalue weighted by Gasteiger charge is -2.31. The standard InChI is InChI=1S/C24H32N2O3S/c1-25-14-13-19-16-18(10-11-23(19)25)12-15-26(30(3,27)28)17-20-6-4-8-22-21(20)7-5-9-24(22)29-2/h5,7,9-11,16,20H,4,6,8,12-15,17H2,1-3H3. The molecule has 1 aliphatic carbocycles. The van der Waals surface area contributed by atoms with Crippen molar-refractivity contribution in [3.05, 3.63) is 58.7 Å². The Morgan fingerprint density at radius 3 is 2.80 bits per heavy atom. The lowest BCUT2D eigenvalue weighted by molar-refractivity contribution is 0.363. The number of methoxy groups -OCH3 is 1. The smallest absolute Gasteiger partial charge is 0.211 e. The summed E-state index contributed by atoms with van der Waals surface area (Å²) in [5.74, 6) is 1.14. The number of sulfonamides is 1. The zero-order valence-electron chi connectivity index (χ0n) is 18.2. The number of anilines is 1. The summed E-state index contributed by atoms with van der Waals surface area (Å²) in [6.45, 7) is 2.11. The molecule has 2 aliphatic rings. The van der Waals surface area contributed by atoms with Gasteiger partial charge in [-0.3, -0.25) is 0 Å². The van der Waals surface area contributed by atoms with Crippen molar-refractivity contribution in [2.75, 3.05) is 44.9 Å². The molecule has 1 heterocycles. The van der Waals surface area contributed by atoms with Crippen LogP contribution in [-0.2, 0) is 29.3 Å². The topological polar surface area (TPSA) is 49.9 Å². The van der Waals surface area contributed by atoms with Gasteiger partial charge in [0.05, 0.1) is 13.4 Å². The van der Waals surface area contributed by atoms with E-state index in [-0.39, 0.29) is 5.92 Å². The van der Waals surface area contributed by atoms with Crippen LogP contribution in [0.4, 0.5) is 5.69 Å². The molecule has 2 aromatic carbocycles. The van der Waals surface area contributed by atoms with Crippen molar-refractivity contribution in [3.8, 4) is 5.75 Å². The second-order valence-corrected chi connectivity index (χ2v) is 10.6. The molecule has 0 amide bonds. The Morgan fingerprint density at radius 2 is 2.03 bits per heavy atom. The number of hydrogen-bond donors (Lipinski definition) is 0. The fourth-order valence-corrected chi connectivity index (χ4v) is 5.84. The molecule has 1 atom stereocenters. The number of likely N-dealkylation sites (N-methyl/N-ethyl adjacent to an activating group) is 1. The highest BCUT2D eigenvalue weighted by Crippen LogP contribution is 2.37. The third-order valence-electron chi connectivity index (χ3n) is 6.62. The van der Waals surface area contributed by atoms with Gasteiger partial charge in [-0.25, -0.2) is 12.7 Å². The van der Waals surface area contributed by atoms with Gasteiger partial charge in [-0.15, -0.1) is 0 Å². The van der Waals surface area contributed by atoms with Gasteiger partial charge in [0.15, 0.2) is 0 Å². The summed E-state index contributed by atoms with van der Waals surface area (Å²) in [6.07, 6.45) is 6.21. The van der Waals surface area contributed by atoms with Crippen LogP contribution < -0.4 is 9.64 Å². The molecule has 0 radical (unpaired) electrons. The quantitative estimate of drug-likeness (QED) is 0.676. The van der Waals surface area contributed by atoms with Crippen LogP contribution in [0.1, 0.15) is 41.0 Å². The fraction of sp³-hybridized carbons (Fsp3) is 0.500. The minimum absolute atomic E-state index is 0.215. The summed E-state index contributed by atoms with van der Waals surface area (Å²) in [5, 5.41) is 0. The molecule has 4 rings (SSSR count). The predicted molar refractivity (Wildman–Crippen MR) is 122 cm³/mol. The van der Waals surface area contributed by atoms with Crippen LogP contribution in [0.15, 0.2) is 36.4 Å². The van der Waals surface area contributed by atoms with E-state index in [2.05, 4.69) is 36.2 Å². The lowest BCUT2D eigenvalue weighted by Crippen LogP contribution is -2.36. The van der Waals surface area contributed by atoms with Gasteiger partial charge in [-0.1, -0.05) is 24.3 Å². The Morgan fingerprint density at radius 1 is 1.20 bits per heavy atom. The van der Waals surface area contributed by atoms with E-state index in [0.29, 0.717) is 13.1 Å². The molecule has 1 unspecified atom stereocenters. The van der Waals surface area contributed by atoms with Crippen molar-refractivity contribution in [1.82, 2.24) is 4.31 Å². The maximum Gasteiger partial charge on any atom is 0.211 e. The molecular weight excluding hydrogens is 396 g/mol. The number of benzene rings is 2. The van der Waals surface area contributed by atoms with Crippen LogP contribution in [0, 0.1) is 0 Å². The number of hydrogen-bond acceptors (Lipinski definition) is 4. The van der Waals surface area contributed by atoms with Crippen LogP contribution in [0.2, 0.25) is 0 Å². The summed E-state index contributed by atoms with van der Waals surface area (Å²) in [6, 6.07) is 12.7. The van der Waals surface area contributed by atoms with Crippen LogP contribution in [0.5, 0.6) is 5.75 Å². The molecule has 6 heteroatoms. The predicted octanol–water partition coefficient (Wildman–Crippen LogP) is 3.61. The largest absolute Gasteiger partial charge is 0.496 e. The molecule has 0 fully saturated rings. The third-order valence-corrected chi connectivity index (χ3v) is 7.89. The number of ether oxygens (including phenoxy) is 1. The summed E-state index contributed by atoms with van der Waals surface area (Å²) < 4.78 is 32.4. The normalized spacial score (nSPS) is 18.4. The average molecular weight is 429 g/mol. The van der Waals surface area contributed by atoms with Crippen molar-refractivity contribution in [2.45, 2.75) is 38.0 Å². The minimum Gasteiger partial charge on any atom is -0.496 e. The van der Waals surface area contributed by atoms with Crippen molar-refractivity contribution in [1.29, 1.82) is 0 Å². The number of nitrogens with zero attached hydrogens (tertiary/aromatic N) is 2. The van der Waals surface area contributed by atoms with Crippen LogP contribution >= 0.6 is 0 Å². The lowest BCUT2D eigenvalue weighted by atomic mass is 9.82. The molecule has 162 valence electrons. The molecule has 30 heavy (non-hydrogen) atoms. The molecule has 0 saturated heterocycles. The van der Waals surface area contributed by atoms with E-state index in [1.807, 2.05) is 12.1 Å². The summed E-state index contributed by atoms with van der Waals surface area (Å²) >= 11 is 0. The van der Waals surface area contributed by atoms with Gasteiger partial charge in [0.2, 0.25) is 10.0 Å². The summed E-state index contributed by atoms with van der Waals surface area (Å²) in [5.41, 5.74) is 6.37. The SMILES string of the molecule is COc1cccc2c1CCCC2CN(CCc1ccc2c(c1)CCN2C)S(C)(=O)=O. The van der Waals surface area contributed by atoms with E-state index >= 15 is 0 Å². The second-order valence-electron chi connectivity index (χ2n) is 8.62. The second kappa shape index (κ2) is 8.60. The maximum atomic E-state index is 12.6. The summed E-state index contributed by atoms with van der Waals surface area (Å²) in [4.78, 5) is 2.27. The van der Waals surface area contributed by atoms with E-state index in [0.717, 1.165) is 44.4 Å². The Kier molecular flexibility index (Phi) is 6.07. The van der Waals surface area contributed by atoms with Gasteiger partial charge in [0.25, 0.3) is 0 Å². The van der Waals surface area contributed by atoms with Gasteiger partial charge in [-0.2, -0.15) is 0 Å². The van der Waals surface area contributed by atoms with Crippen molar-refractivity contribution in [3.63, 3.8) is 0 Å². The first-order chi connectivity index (χ1) is 14.4. The van der Waals surface area contributed by atoms with Gasteiger partial charge in [-0.05, 0) is 72.4 Å². The molecule has 0 spiro atoms. The van der Waals surface area contributed by atoms with Crippen LogP contribution in [0.25, 0.3) is 0 Å². The third kappa shape index (κ3) is 4.35. The number of fused-ring (bicyclic) bond motifs is 2. The highest BCUT2D eigenvalue weighted by atomic mass is 32.2. The van der Waals surface area contributed by atoms with Crippen molar-refractivity contribution < 1.29 is 13.2 Å². The molecule has 2 aromatic rings. The first-order valence-electron chi connectivity index (χ1n) is 10.8. The van der Waals surface area contributed by atoms with Gasteiger partial charge >= 0.3 is 0 Å². The Balaban J connectivity index is 1.50. The number of rotatable bonds is 7. The first kappa shape index (κ1) is 21.2. The average Bonchev–Trinajstić information content (AvgIpc) is 3.10. The maximum absolute atomic E-state index is 12.6. The van der Waals surface area contributed by atoms with Gasteiger partial charge in [0, 0.05) is 32.4 Å². The Bertz CT molecular complexity index is 1020. The van der Waals surface area contributed by atoms with Gasteiger partial charge < -0.3 is 9.64 Å². The molecule has 0 aromatic heterocycles.